The molecular weight excluding hydrogens is 258 g/mol. The highest BCUT2D eigenvalue weighted by Crippen LogP contribution is 2.34. The first-order chi connectivity index (χ1) is 9.61. The topological polar surface area (TPSA) is 72.6 Å². The molecule has 1 aliphatic rings. The third-order valence-corrected chi connectivity index (χ3v) is 4.04. The normalized spacial score (nSPS) is 25.3. The van der Waals surface area contributed by atoms with E-state index < -0.39 is 0 Å². The molecule has 1 saturated heterocycles. The smallest absolute Gasteiger partial charge is 0.211 e. The molecule has 0 bridgehead atoms. The molecular formula is C15H21NO4. The molecule has 1 heterocycles. The van der Waals surface area contributed by atoms with Gasteiger partial charge in [-0.1, -0.05) is 30.3 Å². The fourth-order valence-corrected chi connectivity index (χ4v) is 3.00. The molecule has 2 rings (SSSR count). The van der Waals surface area contributed by atoms with Gasteiger partial charge in [0.15, 0.2) is 0 Å². The Bertz CT molecular complexity index is 437. The predicted molar refractivity (Wildman–Crippen MR) is 75.2 cm³/mol. The first-order valence-corrected chi connectivity index (χ1v) is 7.05. The lowest BCUT2D eigenvalue weighted by atomic mass is 9.82. The largest absolute Gasteiger partial charge is 0.396 e. The van der Waals surface area contributed by atoms with Gasteiger partial charge in [-0.05, 0) is 25.3 Å². The van der Waals surface area contributed by atoms with Gasteiger partial charge in [-0.15, -0.1) is 0 Å². The van der Waals surface area contributed by atoms with Crippen LogP contribution in [0.25, 0.3) is 0 Å². The van der Waals surface area contributed by atoms with Crippen molar-refractivity contribution in [2.24, 2.45) is 5.92 Å². The Labute approximate surface area is 118 Å². The molecule has 0 aliphatic carbocycles. The van der Waals surface area contributed by atoms with Crippen LogP contribution in [0.4, 0.5) is 0 Å². The zero-order valence-electron chi connectivity index (χ0n) is 11.6. The highest BCUT2D eigenvalue weighted by Gasteiger charge is 2.37. The third-order valence-electron chi connectivity index (χ3n) is 4.04. The Balaban J connectivity index is 2.22. The van der Waals surface area contributed by atoms with Gasteiger partial charge in [0.1, 0.15) is 0 Å². The summed E-state index contributed by atoms with van der Waals surface area (Å²) in [6.45, 7) is 1.73. The molecule has 110 valence electrons. The average molecular weight is 279 g/mol. The summed E-state index contributed by atoms with van der Waals surface area (Å²) in [5, 5.41) is 20.7. The SMILES string of the molecule is C[C@@H]1CC[C@@H]([C@@H](CO)[C@H](C[N+](=O)[O-])c2ccccc2)O1. The predicted octanol–water partition coefficient (Wildman–Crippen LogP) is 2.22. The summed E-state index contributed by atoms with van der Waals surface area (Å²) in [6, 6.07) is 9.39. The van der Waals surface area contributed by atoms with Crippen molar-refractivity contribution < 1.29 is 14.8 Å². The molecule has 1 N–H and O–H groups in total. The summed E-state index contributed by atoms with van der Waals surface area (Å²) < 4.78 is 5.82. The molecule has 20 heavy (non-hydrogen) atoms. The Morgan fingerprint density at radius 2 is 2.10 bits per heavy atom. The zero-order chi connectivity index (χ0) is 14.5. The van der Waals surface area contributed by atoms with Crippen LogP contribution >= 0.6 is 0 Å². The van der Waals surface area contributed by atoms with E-state index in [0.717, 1.165) is 18.4 Å². The number of nitrogens with zero attached hydrogens (tertiary/aromatic N) is 1. The van der Waals surface area contributed by atoms with Crippen molar-refractivity contribution in [2.45, 2.75) is 37.9 Å². The minimum absolute atomic E-state index is 0.0925. The van der Waals surface area contributed by atoms with Crippen molar-refractivity contribution in [3.63, 3.8) is 0 Å². The lowest BCUT2D eigenvalue weighted by Crippen LogP contribution is -2.33. The van der Waals surface area contributed by atoms with Gasteiger partial charge in [-0.25, -0.2) is 0 Å². The number of rotatable bonds is 6. The fourth-order valence-electron chi connectivity index (χ4n) is 3.00. The molecule has 1 fully saturated rings. The fraction of sp³-hybridized carbons (Fsp3) is 0.600. The summed E-state index contributed by atoms with van der Waals surface area (Å²) in [5.74, 6) is -0.542. The van der Waals surface area contributed by atoms with Crippen molar-refractivity contribution in [3.8, 4) is 0 Å². The van der Waals surface area contributed by atoms with Gasteiger partial charge in [0, 0.05) is 17.4 Å². The number of aliphatic hydroxyl groups excluding tert-OH is 1. The van der Waals surface area contributed by atoms with Crippen LogP contribution in [0.15, 0.2) is 30.3 Å². The molecule has 5 heteroatoms. The highest BCUT2D eigenvalue weighted by atomic mass is 16.6. The van der Waals surface area contributed by atoms with E-state index in [2.05, 4.69) is 0 Å². The maximum Gasteiger partial charge on any atom is 0.211 e. The second-order valence-corrected chi connectivity index (χ2v) is 5.44. The van der Waals surface area contributed by atoms with Gasteiger partial charge in [-0.3, -0.25) is 10.1 Å². The second kappa shape index (κ2) is 6.81. The quantitative estimate of drug-likeness (QED) is 0.640. The van der Waals surface area contributed by atoms with Crippen molar-refractivity contribution >= 4 is 0 Å². The molecule has 0 aromatic heterocycles. The molecule has 0 saturated carbocycles. The van der Waals surface area contributed by atoms with Gasteiger partial charge in [0.05, 0.1) is 18.1 Å². The lowest BCUT2D eigenvalue weighted by molar-refractivity contribution is -0.485. The van der Waals surface area contributed by atoms with Gasteiger partial charge < -0.3 is 9.84 Å². The number of hydrogen-bond acceptors (Lipinski definition) is 4. The van der Waals surface area contributed by atoms with E-state index in [1.165, 1.54) is 0 Å². The zero-order valence-corrected chi connectivity index (χ0v) is 11.6. The van der Waals surface area contributed by atoms with E-state index in [9.17, 15) is 15.2 Å². The van der Waals surface area contributed by atoms with Gasteiger partial charge in [-0.2, -0.15) is 0 Å². The van der Waals surface area contributed by atoms with Crippen LogP contribution < -0.4 is 0 Å². The Kier molecular flexibility index (Phi) is 5.09. The number of ether oxygens (including phenoxy) is 1. The Morgan fingerprint density at radius 3 is 2.60 bits per heavy atom. The van der Waals surface area contributed by atoms with E-state index in [0.29, 0.717) is 0 Å². The van der Waals surface area contributed by atoms with Crippen LogP contribution in [-0.4, -0.2) is 35.4 Å². The number of hydrogen-bond donors (Lipinski definition) is 1. The molecule has 0 radical (unpaired) electrons. The van der Waals surface area contributed by atoms with Crippen LogP contribution in [-0.2, 0) is 4.74 Å². The summed E-state index contributed by atoms with van der Waals surface area (Å²) in [4.78, 5) is 10.7. The van der Waals surface area contributed by atoms with Crippen LogP contribution in [0.3, 0.4) is 0 Å². The maximum absolute atomic E-state index is 11.0. The highest BCUT2D eigenvalue weighted by molar-refractivity contribution is 5.21. The number of aliphatic hydroxyl groups is 1. The first kappa shape index (κ1) is 14.9. The van der Waals surface area contributed by atoms with Crippen LogP contribution in [0.2, 0.25) is 0 Å². The monoisotopic (exact) mass is 279 g/mol. The molecule has 4 atom stereocenters. The van der Waals surface area contributed by atoms with E-state index in [4.69, 9.17) is 4.74 Å². The summed E-state index contributed by atoms with van der Waals surface area (Å²) >= 11 is 0. The third kappa shape index (κ3) is 3.55. The van der Waals surface area contributed by atoms with E-state index >= 15 is 0 Å². The second-order valence-electron chi connectivity index (χ2n) is 5.44. The van der Waals surface area contributed by atoms with Crippen LogP contribution in [0, 0.1) is 16.0 Å². The summed E-state index contributed by atoms with van der Waals surface area (Å²) in [6.07, 6.45) is 1.87. The molecule has 1 aromatic rings. The maximum atomic E-state index is 11.0. The first-order valence-electron chi connectivity index (χ1n) is 7.05. The van der Waals surface area contributed by atoms with E-state index in [1.54, 1.807) is 0 Å². The van der Waals surface area contributed by atoms with Gasteiger partial charge in [0.25, 0.3) is 0 Å². The van der Waals surface area contributed by atoms with Crippen molar-refractivity contribution in [1.82, 2.24) is 0 Å². The van der Waals surface area contributed by atoms with Crippen molar-refractivity contribution in [2.75, 3.05) is 13.2 Å². The van der Waals surface area contributed by atoms with E-state index in [-0.39, 0.29) is 42.1 Å². The Hall–Kier alpha value is -1.46. The van der Waals surface area contributed by atoms with Crippen molar-refractivity contribution in [3.05, 3.63) is 46.0 Å². The lowest BCUT2D eigenvalue weighted by Gasteiger charge is -2.28. The molecule has 1 aliphatic heterocycles. The summed E-state index contributed by atoms with van der Waals surface area (Å²) in [5.41, 5.74) is 0.895. The van der Waals surface area contributed by atoms with Crippen LogP contribution in [0.1, 0.15) is 31.2 Å². The molecule has 0 amide bonds. The van der Waals surface area contributed by atoms with Gasteiger partial charge >= 0.3 is 0 Å². The molecule has 5 nitrogen and oxygen atoms in total. The molecule has 0 unspecified atom stereocenters. The average Bonchev–Trinajstić information content (AvgIpc) is 2.85. The Morgan fingerprint density at radius 1 is 1.40 bits per heavy atom. The number of benzene rings is 1. The minimum atomic E-state index is -0.313. The standard InChI is InChI=1S/C15H21NO4/c1-11-7-8-15(20-11)14(10-17)13(9-16(18)19)12-5-3-2-4-6-12/h2-6,11,13-15,17H,7-10H2,1H3/t11-,13-,14+,15+/m1/s1. The molecule has 1 aromatic carbocycles. The van der Waals surface area contributed by atoms with Crippen molar-refractivity contribution in [1.29, 1.82) is 0 Å². The minimum Gasteiger partial charge on any atom is -0.396 e. The van der Waals surface area contributed by atoms with E-state index in [1.807, 2.05) is 37.3 Å². The molecule has 0 spiro atoms. The number of nitro groups is 1. The summed E-state index contributed by atoms with van der Waals surface area (Å²) in [7, 11) is 0. The van der Waals surface area contributed by atoms with Gasteiger partial charge in [0.2, 0.25) is 6.54 Å². The van der Waals surface area contributed by atoms with Crippen LogP contribution in [0.5, 0.6) is 0 Å².